The van der Waals surface area contributed by atoms with Gasteiger partial charge in [-0.1, -0.05) is 0 Å². The van der Waals surface area contributed by atoms with Gasteiger partial charge in [0, 0.05) is 17.5 Å². The molecule has 88 valence electrons. The minimum absolute atomic E-state index is 0.114. The molecule has 1 unspecified atom stereocenters. The smallest absolute Gasteiger partial charge is 0.253 e. The highest BCUT2D eigenvalue weighted by Crippen LogP contribution is 2.16. The SMILES string of the molecule is CC(CO)N(C)C(=O)c1ccc(F)c(S)c1. The zero-order valence-corrected chi connectivity index (χ0v) is 10.0. The maximum Gasteiger partial charge on any atom is 0.253 e. The molecule has 0 aromatic heterocycles. The molecule has 1 N–H and O–H groups in total. The fourth-order valence-electron chi connectivity index (χ4n) is 1.17. The summed E-state index contributed by atoms with van der Waals surface area (Å²) in [6, 6.07) is 3.70. The van der Waals surface area contributed by atoms with Crippen molar-refractivity contribution in [2.75, 3.05) is 13.7 Å². The molecule has 0 heterocycles. The molecule has 0 aliphatic heterocycles. The van der Waals surface area contributed by atoms with Crippen molar-refractivity contribution in [1.82, 2.24) is 4.90 Å². The first kappa shape index (κ1) is 13.0. The molecule has 1 atom stereocenters. The van der Waals surface area contributed by atoms with Crippen LogP contribution >= 0.6 is 12.6 Å². The van der Waals surface area contributed by atoms with Crippen LogP contribution in [0.5, 0.6) is 0 Å². The van der Waals surface area contributed by atoms with E-state index in [-0.39, 0.29) is 23.5 Å². The molecule has 16 heavy (non-hydrogen) atoms. The standard InChI is InChI=1S/C11H14FNO2S/c1-7(6-14)13(2)11(15)8-3-4-9(12)10(16)5-8/h3-5,7,14,16H,6H2,1-2H3. The number of carbonyl (C=O) groups is 1. The monoisotopic (exact) mass is 243 g/mol. The van der Waals surface area contributed by atoms with E-state index in [1.165, 1.54) is 23.1 Å². The molecule has 0 aliphatic rings. The van der Waals surface area contributed by atoms with Gasteiger partial charge in [0.2, 0.25) is 0 Å². The molecule has 5 heteroatoms. The van der Waals surface area contributed by atoms with Crippen LogP contribution in [0, 0.1) is 5.82 Å². The quantitative estimate of drug-likeness (QED) is 0.791. The van der Waals surface area contributed by atoms with E-state index in [9.17, 15) is 9.18 Å². The highest BCUT2D eigenvalue weighted by Gasteiger charge is 2.17. The third-order valence-corrected chi connectivity index (χ3v) is 2.78. The van der Waals surface area contributed by atoms with Crippen LogP contribution in [0.15, 0.2) is 23.1 Å². The van der Waals surface area contributed by atoms with Gasteiger partial charge in [-0.3, -0.25) is 4.79 Å². The van der Waals surface area contributed by atoms with Crippen molar-refractivity contribution in [3.8, 4) is 0 Å². The van der Waals surface area contributed by atoms with E-state index < -0.39 is 5.82 Å². The summed E-state index contributed by atoms with van der Waals surface area (Å²) in [4.78, 5) is 13.4. The number of nitrogens with zero attached hydrogens (tertiary/aromatic N) is 1. The second-order valence-electron chi connectivity index (χ2n) is 3.61. The first-order valence-electron chi connectivity index (χ1n) is 4.84. The molecular weight excluding hydrogens is 229 g/mol. The van der Waals surface area contributed by atoms with Crippen molar-refractivity contribution in [3.05, 3.63) is 29.6 Å². The maximum atomic E-state index is 12.9. The lowest BCUT2D eigenvalue weighted by Crippen LogP contribution is -2.37. The van der Waals surface area contributed by atoms with Gasteiger partial charge in [0.05, 0.1) is 12.6 Å². The molecule has 3 nitrogen and oxygen atoms in total. The van der Waals surface area contributed by atoms with Gasteiger partial charge >= 0.3 is 0 Å². The Morgan fingerprint density at radius 3 is 2.75 bits per heavy atom. The summed E-state index contributed by atoms with van der Waals surface area (Å²) in [5.41, 5.74) is 0.356. The van der Waals surface area contributed by atoms with Gasteiger partial charge in [-0.15, -0.1) is 12.6 Å². The highest BCUT2D eigenvalue weighted by atomic mass is 32.1. The van der Waals surface area contributed by atoms with Crippen molar-refractivity contribution < 1.29 is 14.3 Å². The van der Waals surface area contributed by atoms with Crippen molar-refractivity contribution in [2.24, 2.45) is 0 Å². The van der Waals surface area contributed by atoms with Gasteiger partial charge in [0.1, 0.15) is 5.82 Å². The van der Waals surface area contributed by atoms with Crippen LogP contribution in [-0.4, -0.2) is 35.6 Å². The Kier molecular flexibility index (Phi) is 4.32. The summed E-state index contributed by atoms with van der Waals surface area (Å²) in [7, 11) is 1.59. The lowest BCUT2D eigenvalue weighted by Gasteiger charge is -2.23. The molecule has 1 amide bonds. The average molecular weight is 243 g/mol. The zero-order chi connectivity index (χ0) is 12.3. The Labute approximate surface area is 99.3 Å². The number of hydrogen-bond donors (Lipinski definition) is 2. The molecular formula is C11H14FNO2S. The molecule has 1 aromatic rings. The van der Waals surface area contributed by atoms with Crippen LogP contribution in [0.25, 0.3) is 0 Å². The fraction of sp³-hybridized carbons (Fsp3) is 0.364. The molecule has 0 fully saturated rings. The maximum absolute atomic E-state index is 12.9. The Morgan fingerprint density at radius 2 is 2.25 bits per heavy atom. The van der Waals surface area contributed by atoms with E-state index in [0.717, 1.165) is 0 Å². The van der Waals surface area contributed by atoms with Crippen molar-refractivity contribution >= 4 is 18.5 Å². The summed E-state index contributed by atoms with van der Waals surface area (Å²) in [6.45, 7) is 1.61. The van der Waals surface area contributed by atoms with Crippen LogP contribution < -0.4 is 0 Å². The summed E-state index contributed by atoms with van der Waals surface area (Å²) >= 11 is 3.91. The van der Waals surface area contributed by atoms with Crippen LogP contribution in [0.4, 0.5) is 4.39 Å². The average Bonchev–Trinajstić information content (AvgIpc) is 2.29. The van der Waals surface area contributed by atoms with Gasteiger partial charge in [0.15, 0.2) is 0 Å². The number of aliphatic hydroxyl groups excluding tert-OH is 1. The normalized spacial score (nSPS) is 12.3. The van der Waals surface area contributed by atoms with Crippen LogP contribution in [0.1, 0.15) is 17.3 Å². The van der Waals surface area contributed by atoms with Crippen molar-refractivity contribution in [3.63, 3.8) is 0 Å². The van der Waals surface area contributed by atoms with E-state index in [1.807, 2.05) is 0 Å². The first-order valence-corrected chi connectivity index (χ1v) is 5.28. The van der Waals surface area contributed by atoms with Crippen LogP contribution in [0.3, 0.4) is 0 Å². The van der Waals surface area contributed by atoms with E-state index in [0.29, 0.717) is 5.56 Å². The highest BCUT2D eigenvalue weighted by molar-refractivity contribution is 7.80. The largest absolute Gasteiger partial charge is 0.394 e. The number of benzene rings is 1. The molecule has 0 bridgehead atoms. The van der Waals surface area contributed by atoms with Crippen molar-refractivity contribution in [2.45, 2.75) is 17.9 Å². The third kappa shape index (κ3) is 2.74. The molecule has 0 saturated carbocycles. The molecule has 0 saturated heterocycles. The number of halogens is 1. The first-order chi connectivity index (χ1) is 7.47. The number of rotatable bonds is 3. The molecule has 1 aromatic carbocycles. The Morgan fingerprint density at radius 1 is 1.62 bits per heavy atom. The van der Waals surface area contributed by atoms with E-state index in [4.69, 9.17) is 5.11 Å². The number of carbonyl (C=O) groups excluding carboxylic acids is 1. The van der Waals surface area contributed by atoms with Crippen LogP contribution in [0.2, 0.25) is 0 Å². The molecule has 0 spiro atoms. The number of thiol groups is 1. The van der Waals surface area contributed by atoms with E-state index in [2.05, 4.69) is 12.6 Å². The van der Waals surface area contributed by atoms with Gasteiger partial charge < -0.3 is 10.0 Å². The summed E-state index contributed by atoms with van der Waals surface area (Å²) in [5.74, 6) is -0.727. The minimum atomic E-state index is -0.460. The summed E-state index contributed by atoms with van der Waals surface area (Å²) in [6.07, 6.45) is 0. The molecule has 1 rings (SSSR count). The van der Waals surface area contributed by atoms with Crippen molar-refractivity contribution in [1.29, 1.82) is 0 Å². The van der Waals surface area contributed by atoms with Gasteiger partial charge in [-0.2, -0.15) is 0 Å². The van der Waals surface area contributed by atoms with Gasteiger partial charge in [0.25, 0.3) is 5.91 Å². The minimum Gasteiger partial charge on any atom is -0.394 e. The number of likely N-dealkylation sites (N-methyl/N-ethyl adjacent to an activating group) is 1. The second kappa shape index (κ2) is 5.32. The lowest BCUT2D eigenvalue weighted by atomic mass is 10.1. The number of aliphatic hydroxyl groups is 1. The second-order valence-corrected chi connectivity index (χ2v) is 4.10. The summed E-state index contributed by atoms with van der Waals surface area (Å²) < 4.78 is 12.9. The third-order valence-electron chi connectivity index (χ3n) is 2.44. The Hall–Kier alpha value is -1.07. The Balaban J connectivity index is 2.92. The van der Waals surface area contributed by atoms with Crippen LogP contribution in [-0.2, 0) is 0 Å². The number of amides is 1. The molecule has 0 aliphatic carbocycles. The lowest BCUT2D eigenvalue weighted by molar-refractivity contribution is 0.0682. The molecule has 0 radical (unpaired) electrons. The topological polar surface area (TPSA) is 40.5 Å². The Bertz CT molecular complexity index is 398. The fourth-order valence-corrected chi connectivity index (χ4v) is 1.39. The summed E-state index contributed by atoms with van der Waals surface area (Å²) in [5, 5.41) is 8.93. The van der Waals surface area contributed by atoms with Gasteiger partial charge in [-0.25, -0.2) is 4.39 Å². The predicted molar refractivity (Wildman–Crippen MR) is 62.3 cm³/mol. The predicted octanol–water partition coefficient (Wildman–Crippen LogP) is 1.57. The zero-order valence-electron chi connectivity index (χ0n) is 9.14. The van der Waals surface area contributed by atoms with E-state index in [1.54, 1.807) is 14.0 Å². The van der Waals surface area contributed by atoms with Gasteiger partial charge in [-0.05, 0) is 25.1 Å². The number of hydrogen-bond acceptors (Lipinski definition) is 3. The van der Waals surface area contributed by atoms with E-state index >= 15 is 0 Å².